The number of hydrogen-bond acceptors (Lipinski definition) is 2. The first-order valence-electron chi connectivity index (χ1n) is 5.36. The summed E-state index contributed by atoms with van der Waals surface area (Å²) in [6.07, 6.45) is 0. The van der Waals surface area contributed by atoms with Gasteiger partial charge in [0.05, 0.1) is 0 Å². The zero-order chi connectivity index (χ0) is 12.7. The van der Waals surface area contributed by atoms with E-state index in [-0.39, 0.29) is 5.88 Å². The Morgan fingerprint density at radius 2 is 1.94 bits per heavy atom. The standard InChI is InChI=1S/C12H15ClN2O2/c1-2-15(12(17)14-11(16)8-13)9-10-6-4-3-5-7-10/h3-7H,2,8-9H2,1H3,(H,14,16,17). The highest BCUT2D eigenvalue weighted by Crippen LogP contribution is 2.04. The maximum atomic E-state index is 11.7. The van der Waals surface area contributed by atoms with E-state index < -0.39 is 11.9 Å². The zero-order valence-corrected chi connectivity index (χ0v) is 10.4. The Labute approximate surface area is 106 Å². The maximum absolute atomic E-state index is 11.7. The lowest BCUT2D eigenvalue weighted by molar-refractivity contribution is -0.117. The predicted octanol–water partition coefficient (Wildman–Crippen LogP) is 1.98. The maximum Gasteiger partial charge on any atom is 0.324 e. The third kappa shape index (κ3) is 4.44. The van der Waals surface area contributed by atoms with E-state index in [1.807, 2.05) is 37.3 Å². The van der Waals surface area contributed by atoms with Gasteiger partial charge in [0.1, 0.15) is 5.88 Å². The number of nitrogens with zero attached hydrogens (tertiary/aromatic N) is 1. The van der Waals surface area contributed by atoms with E-state index in [4.69, 9.17) is 11.6 Å². The fourth-order valence-electron chi connectivity index (χ4n) is 1.36. The number of nitrogens with one attached hydrogen (secondary N) is 1. The van der Waals surface area contributed by atoms with E-state index in [1.165, 1.54) is 0 Å². The second-order valence-electron chi connectivity index (χ2n) is 3.49. The first-order valence-corrected chi connectivity index (χ1v) is 5.89. The van der Waals surface area contributed by atoms with E-state index in [0.29, 0.717) is 13.1 Å². The second kappa shape index (κ2) is 6.91. The van der Waals surface area contributed by atoms with E-state index in [9.17, 15) is 9.59 Å². The van der Waals surface area contributed by atoms with Gasteiger partial charge >= 0.3 is 6.03 Å². The first-order chi connectivity index (χ1) is 8.17. The summed E-state index contributed by atoms with van der Waals surface area (Å²) in [5, 5.41) is 2.22. The monoisotopic (exact) mass is 254 g/mol. The lowest BCUT2D eigenvalue weighted by Crippen LogP contribution is -2.42. The van der Waals surface area contributed by atoms with Crippen molar-refractivity contribution in [2.75, 3.05) is 12.4 Å². The van der Waals surface area contributed by atoms with Gasteiger partial charge in [-0.25, -0.2) is 4.79 Å². The molecule has 0 spiro atoms. The van der Waals surface area contributed by atoms with Gasteiger partial charge < -0.3 is 4.90 Å². The highest BCUT2D eigenvalue weighted by atomic mass is 35.5. The molecule has 0 saturated heterocycles. The normalized spacial score (nSPS) is 9.76. The van der Waals surface area contributed by atoms with Crippen molar-refractivity contribution < 1.29 is 9.59 Å². The average molecular weight is 255 g/mol. The van der Waals surface area contributed by atoms with Crippen molar-refractivity contribution in [2.24, 2.45) is 0 Å². The lowest BCUT2D eigenvalue weighted by atomic mass is 10.2. The zero-order valence-electron chi connectivity index (χ0n) is 9.65. The molecule has 0 unspecified atom stereocenters. The number of carbonyl (C=O) groups is 2. The molecule has 4 nitrogen and oxygen atoms in total. The minimum atomic E-state index is -0.483. The first kappa shape index (κ1) is 13.5. The van der Waals surface area contributed by atoms with Crippen molar-refractivity contribution in [2.45, 2.75) is 13.5 Å². The van der Waals surface area contributed by atoms with Crippen molar-refractivity contribution in [1.29, 1.82) is 0 Å². The summed E-state index contributed by atoms with van der Waals surface area (Å²) >= 11 is 5.32. The van der Waals surface area contributed by atoms with Crippen molar-refractivity contribution in [1.82, 2.24) is 10.2 Å². The quantitative estimate of drug-likeness (QED) is 0.836. The Morgan fingerprint density at radius 1 is 1.29 bits per heavy atom. The number of urea groups is 1. The van der Waals surface area contributed by atoms with Crippen molar-refractivity contribution in [3.8, 4) is 0 Å². The number of imide groups is 1. The molecule has 0 bridgehead atoms. The molecule has 0 aliphatic rings. The number of carbonyl (C=O) groups excluding carboxylic acids is 2. The Kier molecular flexibility index (Phi) is 5.49. The molecule has 0 aliphatic carbocycles. The van der Waals surface area contributed by atoms with Crippen molar-refractivity contribution >= 4 is 23.5 Å². The largest absolute Gasteiger partial charge is 0.324 e. The summed E-state index contributed by atoms with van der Waals surface area (Å²) in [6.45, 7) is 2.85. The minimum absolute atomic E-state index is 0.214. The highest BCUT2D eigenvalue weighted by Gasteiger charge is 2.14. The fourth-order valence-corrected chi connectivity index (χ4v) is 1.43. The summed E-state index contributed by atoms with van der Waals surface area (Å²) in [5.74, 6) is -0.697. The van der Waals surface area contributed by atoms with Crippen LogP contribution in [0.3, 0.4) is 0 Å². The van der Waals surface area contributed by atoms with E-state index in [0.717, 1.165) is 5.56 Å². The number of rotatable bonds is 4. The molecule has 0 fully saturated rings. The van der Waals surface area contributed by atoms with Crippen LogP contribution in [0.2, 0.25) is 0 Å². The van der Waals surface area contributed by atoms with Crippen LogP contribution in [0.25, 0.3) is 0 Å². The molecule has 3 amide bonds. The van der Waals surface area contributed by atoms with Crippen LogP contribution in [-0.2, 0) is 11.3 Å². The number of amides is 3. The molecule has 0 heterocycles. The Bertz CT molecular complexity index is 381. The van der Waals surface area contributed by atoms with E-state index in [2.05, 4.69) is 5.32 Å². The van der Waals surface area contributed by atoms with Gasteiger partial charge in [-0.1, -0.05) is 30.3 Å². The summed E-state index contributed by atoms with van der Waals surface area (Å²) in [5.41, 5.74) is 1.02. The summed E-state index contributed by atoms with van der Waals surface area (Å²) in [6, 6.07) is 9.17. The Balaban J connectivity index is 2.59. The van der Waals surface area contributed by atoms with Gasteiger partial charge in [-0.2, -0.15) is 0 Å². The molecule has 1 aromatic carbocycles. The molecular formula is C12H15ClN2O2. The smallest absolute Gasteiger partial charge is 0.320 e. The Hall–Kier alpha value is -1.55. The molecule has 1 N–H and O–H groups in total. The topological polar surface area (TPSA) is 49.4 Å². The van der Waals surface area contributed by atoms with Crippen LogP contribution in [0.1, 0.15) is 12.5 Å². The number of halogens is 1. The molecular weight excluding hydrogens is 240 g/mol. The third-order valence-electron chi connectivity index (χ3n) is 2.25. The van der Waals surface area contributed by atoms with Gasteiger partial charge in [-0.3, -0.25) is 10.1 Å². The molecule has 92 valence electrons. The molecule has 1 rings (SSSR count). The van der Waals surface area contributed by atoms with Gasteiger partial charge in [-0.15, -0.1) is 11.6 Å². The summed E-state index contributed by atoms with van der Waals surface area (Å²) < 4.78 is 0. The average Bonchev–Trinajstić information content (AvgIpc) is 2.36. The molecule has 0 saturated carbocycles. The van der Waals surface area contributed by atoms with Crippen LogP contribution in [0, 0.1) is 0 Å². The van der Waals surface area contributed by atoms with Crippen molar-refractivity contribution in [3.05, 3.63) is 35.9 Å². The van der Waals surface area contributed by atoms with E-state index in [1.54, 1.807) is 4.90 Å². The number of alkyl halides is 1. The number of hydrogen-bond donors (Lipinski definition) is 1. The van der Waals surface area contributed by atoms with Gasteiger partial charge in [0.15, 0.2) is 0 Å². The molecule has 5 heteroatoms. The molecule has 0 radical (unpaired) electrons. The SMILES string of the molecule is CCN(Cc1ccccc1)C(=O)NC(=O)CCl. The second-order valence-corrected chi connectivity index (χ2v) is 3.75. The fraction of sp³-hybridized carbons (Fsp3) is 0.333. The number of benzene rings is 1. The van der Waals surface area contributed by atoms with Gasteiger partial charge in [-0.05, 0) is 12.5 Å². The molecule has 1 aromatic rings. The van der Waals surface area contributed by atoms with E-state index >= 15 is 0 Å². The molecule has 0 aliphatic heterocycles. The predicted molar refractivity (Wildman–Crippen MR) is 66.8 cm³/mol. The van der Waals surface area contributed by atoms with Crippen molar-refractivity contribution in [3.63, 3.8) is 0 Å². The lowest BCUT2D eigenvalue weighted by Gasteiger charge is -2.20. The van der Waals surface area contributed by atoms with Crippen LogP contribution in [0.4, 0.5) is 4.79 Å². The summed E-state index contributed by atoms with van der Waals surface area (Å²) in [7, 11) is 0. The van der Waals surface area contributed by atoms with Crippen LogP contribution < -0.4 is 5.32 Å². The minimum Gasteiger partial charge on any atom is -0.320 e. The summed E-state index contributed by atoms with van der Waals surface area (Å²) in [4.78, 5) is 24.2. The highest BCUT2D eigenvalue weighted by molar-refractivity contribution is 6.28. The van der Waals surface area contributed by atoms with Gasteiger partial charge in [0, 0.05) is 13.1 Å². The van der Waals surface area contributed by atoms with Crippen LogP contribution in [0.15, 0.2) is 30.3 Å². The van der Waals surface area contributed by atoms with Gasteiger partial charge in [0.25, 0.3) is 0 Å². The molecule has 0 atom stereocenters. The molecule has 17 heavy (non-hydrogen) atoms. The van der Waals surface area contributed by atoms with Crippen LogP contribution in [0.5, 0.6) is 0 Å². The molecule has 0 aromatic heterocycles. The van der Waals surface area contributed by atoms with Crippen LogP contribution in [-0.4, -0.2) is 29.3 Å². The van der Waals surface area contributed by atoms with Crippen LogP contribution >= 0.6 is 11.6 Å². The Morgan fingerprint density at radius 3 is 2.47 bits per heavy atom. The third-order valence-corrected chi connectivity index (χ3v) is 2.50. The van der Waals surface area contributed by atoms with Gasteiger partial charge in [0.2, 0.25) is 5.91 Å².